The number of hydrogen-bond acceptors (Lipinski definition) is 3. The summed E-state index contributed by atoms with van der Waals surface area (Å²) in [5, 5.41) is 5.27. The van der Waals surface area contributed by atoms with Crippen LogP contribution in [0.4, 0.5) is 0 Å². The Morgan fingerprint density at radius 3 is 2.55 bits per heavy atom. The zero-order chi connectivity index (χ0) is 20.4. The molecule has 0 unspecified atom stereocenters. The number of hydrogen-bond donors (Lipinski definition) is 1. The first-order valence-corrected chi connectivity index (χ1v) is 10.3. The minimum Gasteiger partial charge on any atom is -0.267 e. The number of aromatic nitrogens is 1. The van der Waals surface area contributed by atoms with Gasteiger partial charge >= 0.3 is 0 Å². The second kappa shape index (κ2) is 8.16. The zero-order valence-corrected chi connectivity index (χ0v) is 17.3. The monoisotopic (exact) mass is 385 g/mol. The van der Waals surface area contributed by atoms with Crippen LogP contribution in [0.3, 0.4) is 0 Å². The third-order valence-electron chi connectivity index (χ3n) is 5.93. The molecule has 4 heteroatoms. The van der Waals surface area contributed by atoms with E-state index in [9.17, 15) is 4.79 Å². The molecule has 1 aliphatic rings. The molecule has 0 spiro atoms. The molecular weight excluding hydrogens is 358 g/mol. The van der Waals surface area contributed by atoms with E-state index < -0.39 is 0 Å². The van der Waals surface area contributed by atoms with Gasteiger partial charge in [0, 0.05) is 16.7 Å². The minimum absolute atomic E-state index is 0.181. The first-order valence-electron chi connectivity index (χ1n) is 10.3. The van der Waals surface area contributed by atoms with Crippen LogP contribution in [0, 0.1) is 19.8 Å². The molecule has 4 nitrogen and oxygen atoms in total. The number of rotatable bonds is 3. The van der Waals surface area contributed by atoms with Gasteiger partial charge in [-0.1, -0.05) is 37.3 Å². The fourth-order valence-corrected chi connectivity index (χ4v) is 3.81. The van der Waals surface area contributed by atoms with Gasteiger partial charge in [0.1, 0.15) is 0 Å². The molecule has 1 fully saturated rings. The Morgan fingerprint density at radius 2 is 1.79 bits per heavy atom. The summed E-state index contributed by atoms with van der Waals surface area (Å²) in [6.45, 7) is 6.46. The Bertz CT molecular complexity index is 1090. The molecular formula is C25H27N3O. The number of benzene rings is 2. The van der Waals surface area contributed by atoms with Crippen molar-refractivity contribution in [2.45, 2.75) is 46.5 Å². The molecule has 1 heterocycles. The lowest BCUT2D eigenvalue weighted by Crippen LogP contribution is -2.22. The zero-order valence-electron chi connectivity index (χ0n) is 17.3. The Morgan fingerprint density at radius 1 is 1.03 bits per heavy atom. The highest BCUT2D eigenvalue weighted by molar-refractivity contribution is 6.07. The quantitative estimate of drug-likeness (QED) is 0.578. The molecule has 2 aromatic carbocycles. The fourth-order valence-electron chi connectivity index (χ4n) is 3.81. The maximum absolute atomic E-state index is 13.0. The largest absolute Gasteiger partial charge is 0.272 e. The van der Waals surface area contributed by atoms with E-state index >= 15 is 0 Å². The van der Waals surface area contributed by atoms with Gasteiger partial charge in [-0.3, -0.25) is 4.79 Å². The van der Waals surface area contributed by atoms with E-state index in [-0.39, 0.29) is 5.91 Å². The van der Waals surface area contributed by atoms with Gasteiger partial charge in [-0.05, 0) is 74.8 Å². The number of hydrazone groups is 1. The molecule has 3 aromatic rings. The van der Waals surface area contributed by atoms with E-state index in [0.717, 1.165) is 59.5 Å². The van der Waals surface area contributed by atoms with Crippen LogP contribution in [-0.2, 0) is 0 Å². The van der Waals surface area contributed by atoms with Gasteiger partial charge in [0.2, 0.25) is 0 Å². The Hall–Kier alpha value is -3.01. The standard InChI is InChI=1S/C25H27N3O/c1-16-8-12-20(13-9-16)27-28-25(29)22-15-24(19-11-10-17(2)18(3)14-19)26-23-7-5-4-6-21(22)23/h4-7,10-11,14-16H,8-9,12-13H2,1-3H3,(H,28,29). The normalized spacial score (nSPS) is 16.7. The smallest absolute Gasteiger partial charge is 0.267 e. The number of amides is 1. The van der Waals surface area contributed by atoms with Crippen molar-refractivity contribution >= 4 is 22.5 Å². The van der Waals surface area contributed by atoms with Gasteiger partial charge < -0.3 is 0 Å². The Balaban J connectivity index is 1.70. The number of carbonyl (C=O) groups is 1. The maximum Gasteiger partial charge on any atom is 0.272 e. The van der Waals surface area contributed by atoms with E-state index in [4.69, 9.17) is 4.98 Å². The molecule has 0 bridgehead atoms. The second-order valence-corrected chi connectivity index (χ2v) is 8.17. The summed E-state index contributed by atoms with van der Waals surface area (Å²) in [4.78, 5) is 17.8. The molecule has 1 N–H and O–H groups in total. The van der Waals surface area contributed by atoms with Crippen LogP contribution >= 0.6 is 0 Å². The Kier molecular flexibility index (Phi) is 5.43. The van der Waals surface area contributed by atoms with Crippen molar-refractivity contribution < 1.29 is 4.79 Å². The third-order valence-corrected chi connectivity index (χ3v) is 5.93. The summed E-state index contributed by atoms with van der Waals surface area (Å²) < 4.78 is 0. The van der Waals surface area contributed by atoms with Gasteiger partial charge in [0.15, 0.2) is 0 Å². The van der Waals surface area contributed by atoms with Crippen molar-refractivity contribution in [3.05, 3.63) is 65.2 Å². The number of carbonyl (C=O) groups excluding carboxylic acids is 1. The average molecular weight is 386 g/mol. The molecule has 148 valence electrons. The van der Waals surface area contributed by atoms with Crippen molar-refractivity contribution in [2.75, 3.05) is 0 Å². The molecule has 1 amide bonds. The van der Waals surface area contributed by atoms with Crippen molar-refractivity contribution in [1.29, 1.82) is 0 Å². The van der Waals surface area contributed by atoms with E-state index in [1.54, 1.807) is 0 Å². The molecule has 4 rings (SSSR count). The number of pyridine rings is 1. The van der Waals surface area contributed by atoms with Gasteiger partial charge in [-0.2, -0.15) is 5.10 Å². The van der Waals surface area contributed by atoms with Crippen molar-refractivity contribution in [2.24, 2.45) is 11.0 Å². The lowest BCUT2D eigenvalue weighted by molar-refractivity contribution is 0.0956. The number of aryl methyl sites for hydroxylation is 2. The number of nitrogens with zero attached hydrogens (tertiary/aromatic N) is 2. The van der Waals surface area contributed by atoms with Crippen LogP contribution in [0.25, 0.3) is 22.2 Å². The summed E-state index contributed by atoms with van der Waals surface area (Å²) in [6.07, 6.45) is 4.21. The van der Waals surface area contributed by atoms with E-state index in [2.05, 4.69) is 49.5 Å². The van der Waals surface area contributed by atoms with Crippen molar-refractivity contribution in [3.8, 4) is 11.3 Å². The molecule has 1 aliphatic carbocycles. The van der Waals surface area contributed by atoms with Gasteiger partial charge in [0.25, 0.3) is 5.91 Å². The molecule has 0 atom stereocenters. The van der Waals surface area contributed by atoms with E-state index in [1.807, 2.05) is 30.3 Å². The van der Waals surface area contributed by atoms with E-state index in [0.29, 0.717) is 5.56 Å². The van der Waals surface area contributed by atoms with Crippen LogP contribution in [-0.4, -0.2) is 16.6 Å². The van der Waals surface area contributed by atoms with Crippen LogP contribution < -0.4 is 5.43 Å². The maximum atomic E-state index is 13.0. The highest BCUT2D eigenvalue weighted by Crippen LogP contribution is 2.26. The SMILES string of the molecule is Cc1ccc(-c2cc(C(=O)NN=C3CCC(C)CC3)c3ccccc3n2)cc1C. The summed E-state index contributed by atoms with van der Waals surface area (Å²) in [7, 11) is 0. The summed E-state index contributed by atoms with van der Waals surface area (Å²) >= 11 is 0. The first-order chi connectivity index (χ1) is 14.0. The average Bonchev–Trinajstić information content (AvgIpc) is 2.74. The minimum atomic E-state index is -0.181. The van der Waals surface area contributed by atoms with Crippen LogP contribution in [0.5, 0.6) is 0 Å². The number of nitrogens with one attached hydrogen (secondary N) is 1. The first kappa shape index (κ1) is 19.3. The van der Waals surface area contributed by atoms with E-state index in [1.165, 1.54) is 11.1 Å². The lowest BCUT2D eigenvalue weighted by Gasteiger charge is -2.18. The van der Waals surface area contributed by atoms with Gasteiger partial charge in [0.05, 0.1) is 16.8 Å². The molecule has 0 saturated heterocycles. The predicted octanol–water partition coefficient (Wildman–Crippen LogP) is 5.81. The lowest BCUT2D eigenvalue weighted by atomic mass is 9.90. The van der Waals surface area contributed by atoms with Gasteiger partial charge in [-0.15, -0.1) is 0 Å². The van der Waals surface area contributed by atoms with Crippen LogP contribution in [0.15, 0.2) is 53.6 Å². The second-order valence-electron chi connectivity index (χ2n) is 8.17. The van der Waals surface area contributed by atoms with Crippen LogP contribution in [0.1, 0.15) is 54.1 Å². The third kappa shape index (κ3) is 4.21. The number of fused-ring (bicyclic) bond motifs is 1. The summed E-state index contributed by atoms with van der Waals surface area (Å²) in [5.74, 6) is 0.564. The van der Waals surface area contributed by atoms with Crippen molar-refractivity contribution in [1.82, 2.24) is 10.4 Å². The van der Waals surface area contributed by atoms with Crippen molar-refractivity contribution in [3.63, 3.8) is 0 Å². The molecule has 29 heavy (non-hydrogen) atoms. The molecule has 0 radical (unpaired) electrons. The van der Waals surface area contributed by atoms with Crippen LogP contribution in [0.2, 0.25) is 0 Å². The predicted molar refractivity (Wildman–Crippen MR) is 119 cm³/mol. The van der Waals surface area contributed by atoms with Gasteiger partial charge in [-0.25, -0.2) is 10.4 Å². The molecule has 1 saturated carbocycles. The highest BCUT2D eigenvalue weighted by atomic mass is 16.2. The highest BCUT2D eigenvalue weighted by Gasteiger charge is 2.16. The molecule has 1 aromatic heterocycles. The molecule has 0 aliphatic heterocycles. The fraction of sp³-hybridized carbons (Fsp3) is 0.320. The Labute approximate surface area is 172 Å². The topological polar surface area (TPSA) is 54.4 Å². The number of para-hydroxylation sites is 1. The summed E-state index contributed by atoms with van der Waals surface area (Å²) in [6, 6.07) is 15.9. The summed E-state index contributed by atoms with van der Waals surface area (Å²) in [5.41, 5.74) is 9.57.